The molecule has 0 saturated heterocycles. The molecule has 2 rings (SSSR count). The van der Waals surface area contributed by atoms with Gasteiger partial charge in [-0.05, 0) is 49.7 Å². The lowest BCUT2D eigenvalue weighted by Crippen LogP contribution is -2.30. The van der Waals surface area contributed by atoms with Crippen molar-refractivity contribution in [3.63, 3.8) is 0 Å². The maximum atomic E-state index is 11.7. The van der Waals surface area contributed by atoms with Crippen molar-refractivity contribution >= 4 is 17.6 Å². The van der Waals surface area contributed by atoms with Crippen LogP contribution in [0.25, 0.3) is 0 Å². The summed E-state index contributed by atoms with van der Waals surface area (Å²) in [7, 11) is 0. The van der Waals surface area contributed by atoms with Gasteiger partial charge in [0, 0.05) is 17.8 Å². The Morgan fingerprint density at radius 2 is 1.71 bits per heavy atom. The number of aryl methyl sites for hydroxylation is 1. The molecule has 0 aliphatic carbocycles. The van der Waals surface area contributed by atoms with E-state index in [9.17, 15) is 9.59 Å². The Hall–Kier alpha value is -3.02. The number of benzene rings is 2. The molecule has 0 saturated carbocycles. The van der Waals surface area contributed by atoms with E-state index in [1.807, 2.05) is 31.2 Å². The zero-order valence-corrected chi connectivity index (χ0v) is 13.5. The topological polar surface area (TPSA) is 93.4 Å². The number of hydrogen-bond acceptors (Lipinski definition) is 3. The molecule has 0 aliphatic heterocycles. The lowest BCUT2D eigenvalue weighted by Gasteiger charge is -2.09. The standard InChI is InChI=1S/C18H21N3O3/c1-13-3-9-16(10-4-13)24-12-2-11-20-18(23)21-15-7-5-14(6-8-15)17(19)22/h3-10H,2,11-12H2,1H3,(H2,19,22)(H2,20,21,23). The fourth-order valence-corrected chi connectivity index (χ4v) is 1.99. The van der Waals surface area contributed by atoms with E-state index in [2.05, 4.69) is 10.6 Å². The third-order valence-corrected chi connectivity index (χ3v) is 3.32. The molecule has 24 heavy (non-hydrogen) atoms. The van der Waals surface area contributed by atoms with Gasteiger partial charge in [0.2, 0.25) is 5.91 Å². The highest BCUT2D eigenvalue weighted by Crippen LogP contribution is 2.11. The number of urea groups is 1. The summed E-state index contributed by atoms with van der Waals surface area (Å²) in [5.41, 5.74) is 7.33. The van der Waals surface area contributed by atoms with E-state index in [4.69, 9.17) is 10.5 Å². The zero-order chi connectivity index (χ0) is 17.4. The highest BCUT2D eigenvalue weighted by Gasteiger charge is 2.03. The average molecular weight is 327 g/mol. The Labute approximate surface area is 141 Å². The van der Waals surface area contributed by atoms with Crippen LogP contribution in [0.3, 0.4) is 0 Å². The number of carbonyl (C=O) groups excluding carboxylic acids is 2. The summed E-state index contributed by atoms with van der Waals surface area (Å²) >= 11 is 0. The molecule has 6 nitrogen and oxygen atoms in total. The predicted octanol–water partition coefficient (Wildman–Crippen LogP) is 2.68. The summed E-state index contributed by atoms with van der Waals surface area (Å²) in [5.74, 6) is 0.319. The molecule has 0 unspecified atom stereocenters. The molecule has 0 spiro atoms. The van der Waals surface area contributed by atoms with Crippen LogP contribution < -0.4 is 21.1 Å². The van der Waals surface area contributed by atoms with Crippen LogP contribution in [0, 0.1) is 6.92 Å². The molecule has 4 N–H and O–H groups in total. The first-order chi connectivity index (χ1) is 11.5. The number of amides is 3. The summed E-state index contributed by atoms with van der Waals surface area (Å²) in [6.45, 7) is 3.04. The van der Waals surface area contributed by atoms with E-state index in [0.717, 1.165) is 5.75 Å². The monoisotopic (exact) mass is 327 g/mol. The molecular formula is C18H21N3O3. The van der Waals surface area contributed by atoms with Gasteiger partial charge in [-0.3, -0.25) is 4.79 Å². The van der Waals surface area contributed by atoms with Crippen molar-refractivity contribution < 1.29 is 14.3 Å². The van der Waals surface area contributed by atoms with Gasteiger partial charge in [0.1, 0.15) is 5.75 Å². The van der Waals surface area contributed by atoms with Crippen LogP contribution in [0.4, 0.5) is 10.5 Å². The Balaban J connectivity index is 1.64. The van der Waals surface area contributed by atoms with Gasteiger partial charge in [-0.25, -0.2) is 4.79 Å². The fraction of sp³-hybridized carbons (Fsp3) is 0.222. The van der Waals surface area contributed by atoms with Crippen molar-refractivity contribution in [1.29, 1.82) is 0 Å². The molecule has 0 bridgehead atoms. The Bertz CT molecular complexity index is 682. The molecule has 2 aromatic carbocycles. The van der Waals surface area contributed by atoms with E-state index >= 15 is 0 Å². The molecular weight excluding hydrogens is 306 g/mol. The number of carbonyl (C=O) groups is 2. The SMILES string of the molecule is Cc1ccc(OCCCNC(=O)Nc2ccc(C(N)=O)cc2)cc1. The van der Waals surface area contributed by atoms with E-state index in [-0.39, 0.29) is 6.03 Å². The summed E-state index contributed by atoms with van der Waals surface area (Å²) in [5, 5.41) is 5.42. The number of anilines is 1. The van der Waals surface area contributed by atoms with Gasteiger partial charge >= 0.3 is 6.03 Å². The van der Waals surface area contributed by atoms with Crippen LogP contribution in [0.15, 0.2) is 48.5 Å². The second-order valence-corrected chi connectivity index (χ2v) is 5.34. The Kier molecular flexibility index (Phi) is 6.19. The lowest BCUT2D eigenvalue weighted by atomic mass is 10.2. The second kappa shape index (κ2) is 8.57. The average Bonchev–Trinajstić information content (AvgIpc) is 2.56. The number of ether oxygens (including phenoxy) is 1. The smallest absolute Gasteiger partial charge is 0.319 e. The van der Waals surface area contributed by atoms with Crippen molar-refractivity contribution in [3.8, 4) is 5.75 Å². The van der Waals surface area contributed by atoms with Gasteiger partial charge in [0.05, 0.1) is 6.61 Å². The van der Waals surface area contributed by atoms with Gasteiger partial charge in [-0.15, -0.1) is 0 Å². The third-order valence-electron chi connectivity index (χ3n) is 3.32. The van der Waals surface area contributed by atoms with Crippen LogP contribution in [0.2, 0.25) is 0 Å². The van der Waals surface area contributed by atoms with Crippen molar-refractivity contribution in [2.24, 2.45) is 5.73 Å². The molecule has 0 aliphatic rings. The van der Waals surface area contributed by atoms with Crippen molar-refractivity contribution in [2.75, 3.05) is 18.5 Å². The highest BCUT2D eigenvalue weighted by atomic mass is 16.5. The second-order valence-electron chi connectivity index (χ2n) is 5.34. The fourth-order valence-electron chi connectivity index (χ4n) is 1.99. The maximum absolute atomic E-state index is 11.7. The molecule has 3 amide bonds. The van der Waals surface area contributed by atoms with E-state index < -0.39 is 5.91 Å². The zero-order valence-electron chi connectivity index (χ0n) is 13.5. The summed E-state index contributed by atoms with van der Waals surface area (Å²) in [4.78, 5) is 22.7. The molecule has 0 fully saturated rings. The summed E-state index contributed by atoms with van der Waals surface area (Å²) < 4.78 is 5.58. The first kappa shape index (κ1) is 17.3. The van der Waals surface area contributed by atoms with E-state index in [1.54, 1.807) is 24.3 Å². The Morgan fingerprint density at radius 1 is 1.04 bits per heavy atom. The van der Waals surface area contributed by atoms with Gasteiger partial charge in [-0.2, -0.15) is 0 Å². The van der Waals surface area contributed by atoms with Crippen molar-refractivity contribution in [2.45, 2.75) is 13.3 Å². The normalized spacial score (nSPS) is 10.0. The van der Waals surface area contributed by atoms with Crippen LogP contribution in [0.5, 0.6) is 5.75 Å². The van der Waals surface area contributed by atoms with Crippen LogP contribution in [0.1, 0.15) is 22.3 Å². The molecule has 0 atom stereocenters. The quantitative estimate of drug-likeness (QED) is 0.683. The summed E-state index contributed by atoms with van der Waals surface area (Å²) in [6.07, 6.45) is 0.696. The van der Waals surface area contributed by atoms with Gasteiger partial charge in [-0.1, -0.05) is 17.7 Å². The number of nitrogens with two attached hydrogens (primary N) is 1. The number of rotatable bonds is 7. The number of primary amides is 1. The van der Waals surface area contributed by atoms with Crippen LogP contribution >= 0.6 is 0 Å². The highest BCUT2D eigenvalue weighted by molar-refractivity contribution is 5.94. The number of hydrogen-bond donors (Lipinski definition) is 3. The maximum Gasteiger partial charge on any atom is 0.319 e. The van der Waals surface area contributed by atoms with Gasteiger partial charge < -0.3 is 21.1 Å². The molecule has 2 aromatic rings. The molecule has 6 heteroatoms. The molecule has 126 valence electrons. The number of nitrogens with one attached hydrogen (secondary N) is 2. The van der Waals surface area contributed by atoms with Crippen molar-refractivity contribution in [3.05, 3.63) is 59.7 Å². The van der Waals surface area contributed by atoms with Crippen molar-refractivity contribution in [1.82, 2.24) is 5.32 Å². The van der Waals surface area contributed by atoms with Crippen LogP contribution in [-0.4, -0.2) is 25.1 Å². The largest absolute Gasteiger partial charge is 0.494 e. The molecule has 0 radical (unpaired) electrons. The minimum Gasteiger partial charge on any atom is -0.494 e. The Morgan fingerprint density at radius 3 is 2.33 bits per heavy atom. The lowest BCUT2D eigenvalue weighted by molar-refractivity contribution is 0.100. The molecule has 0 heterocycles. The van der Waals surface area contributed by atoms with Crippen LogP contribution in [-0.2, 0) is 0 Å². The predicted molar refractivity (Wildman–Crippen MR) is 93.3 cm³/mol. The first-order valence-corrected chi connectivity index (χ1v) is 7.69. The van der Waals surface area contributed by atoms with Gasteiger partial charge in [0.25, 0.3) is 0 Å². The van der Waals surface area contributed by atoms with E-state index in [0.29, 0.717) is 30.8 Å². The summed E-state index contributed by atoms with van der Waals surface area (Å²) in [6, 6.07) is 13.9. The molecule has 0 aromatic heterocycles. The minimum absolute atomic E-state index is 0.308. The van der Waals surface area contributed by atoms with E-state index in [1.165, 1.54) is 5.56 Å². The minimum atomic E-state index is -0.500. The first-order valence-electron chi connectivity index (χ1n) is 7.69. The third kappa shape index (κ3) is 5.64. The van der Waals surface area contributed by atoms with Gasteiger partial charge in [0.15, 0.2) is 0 Å².